The summed E-state index contributed by atoms with van der Waals surface area (Å²) in [4.78, 5) is 31.5. The molecule has 7 rings (SSSR count). The summed E-state index contributed by atoms with van der Waals surface area (Å²) in [6.45, 7) is 2.23. The van der Waals surface area contributed by atoms with Crippen LogP contribution in [0.4, 0.5) is 0 Å². The lowest BCUT2D eigenvalue weighted by Crippen LogP contribution is -2.48. The Balaban J connectivity index is 1.27. The minimum absolute atomic E-state index is 0.185. The maximum Gasteiger partial charge on any atom is 0.282 e. The van der Waals surface area contributed by atoms with Gasteiger partial charge in [-0.3, -0.25) is 9.36 Å². The number of aldehydes is 1. The van der Waals surface area contributed by atoms with Crippen molar-refractivity contribution in [3.8, 4) is 5.69 Å². The zero-order valence-corrected chi connectivity index (χ0v) is 21.3. The number of halogens is 1. The van der Waals surface area contributed by atoms with Gasteiger partial charge in [-0.2, -0.15) is 4.98 Å². The molecule has 0 atom stereocenters. The molecule has 36 heavy (non-hydrogen) atoms. The molecule has 0 N–H and O–H groups in total. The highest BCUT2D eigenvalue weighted by Gasteiger charge is 2.47. The van der Waals surface area contributed by atoms with Crippen LogP contribution in [0.3, 0.4) is 0 Å². The summed E-state index contributed by atoms with van der Waals surface area (Å²) >= 11 is 6.49. The Morgan fingerprint density at radius 1 is 1.03 bits per heavy atom. The van der Waals surface area contributed by atoms with E-state index < -0.39 is 0 Å². The molecule has 0 bridgehead atoms. The Kier molecular flexibility index (Phi) is 5.37. The van der Waals surface area contributed by atoms with Gasteiger partial charge in [-0.15, -0.1) is 0 Å². The summed E-state index contributed by atoms with van der Waals surface area (Å²) in [5, 5.41) is 0.992. The van der Waals surface area contributed by atoms with Gasteiger partial charge in [0.25, 0.3) is 5.56 Å². The average Bonchev–Trinajstić information content (AvgIpc) is 3.13. The Labute approximate surface area is 216 Å². The Bertz CT molecular complexity index is 1410. The zero-order chi connectivity index (χ0) is 24.4. The summed E-state index contributed by atoms with van der Waals surface area (Å²) in [5.74, 6) is 1.75. The third-order valence-corrected chi connectivity index (χ3v) is 9.95. The van der Waals surface area contributed by atoms with E-state index in [1.807, 2.05) is 12.1 Å². The fourth-order valence-corrected chi connectivity index (χ4v) is 7.83. The molecule has 2 aliphatic carbocycles. The molecule has 1 spiro atoms. The van der Waals surface area contributed by atoms with Crippen LogP contribution >= 0.6 is 11.6 Å². The maximum absolute atomic E-state index is 13.2. The van der Waals surface area contributed by atoms with Crippen molar-refractivity contribution >= 4 is 28.8 Å². The fourth-order valence-electron chi connectivity index (χ4n) is 7.58. The second-order valence-electron chi connectivity index (χ2n) is 11.5. The number of likely N-dealkylation sites (tertiary alicyclic amines) is 1. The van der Waals surface area contributed by atoms with E-state index in [0.717, 1.165) is 82.1 Å². The van der Waals surface area contributed by atoms with Crippen molar-refractivity contribution in [1.82, 2.24) is 14.5 Å². The molecule has 3 heterocycles. The quantitative estimate of drug-likeness (QED) is 0.428. The van der Waals surface area contributed by atoms with Gasteiger partial charge in [0.2, 0.25) is 0 Å². The highest BCUT2D eigenvalue weighted by atomic mass is 35.5. The molecular formula is C30H32ClN3O2. The van der Waals surface area contributed by atoms with Crippen LogP contribution in [0.1, 0.15) is 80.7 Å². The topological polar surface area (TPSA) is 55.2 Å². The van der Waals surface area contributed by atoms with Gasteiger partial charge >= 0.3 is 0 Å². The van der Waals surface area contributed by atoms with E-state index in [1.165, 1.54) is 23.2 Å². The van der Waals surface area contributed by atoms with Crippen molar-refractivity contribution in [3.63, 3.8) is 0 Å². The van der Waals surface area contributed by atoms with Crippen LogP contribution in [0, 0.1) is 5.92 Å². The minimum atomic E-state index is -0.208. The predicted octanol–water partition coefficient (Wildman–Crippen LogP) is 5.76. The third-order valence-electron chi connectivity index (χ3n) is 9.64. The molecule has 0 amide bonds. The molecule has 186 valence electrons. The van der Waals surface area contributed by atoms with Gasteiger partial charge in [-0.1, -0.05) is 49.1 Å². The molecular weight excluding hydrogens is 470 g/mol. The first-order chi connectivity index (χ1) is 17.6. The number of aromatic nitrogens is 2. The lowest BCUT2D eigenvalue weighted by atomic mass is 9.69. The maximum atomic E-state index is 13.2. The molecule has 2 aromatic carbocycles. The second-order valence-corrected chi connectivity index (χ2v) is 11.9. The first-order valence-corrected chi connectivity index (χ1v) is 14.0. The Morgan fingerprint density at radius 3 is 2.56 bits per heavy atom. The first kappa shape index (κ1) is 22.7. The number of hydrogen-bond donors (Lipinski definition) is 0. The van der Waals surface area contributed by atoms with E-state index in [-0.39, 0.29) is 16.9 Å². The molecule has 1 aromatic heterocycles. The van der Waals surface area contributed by atoms with Crippen LogP contribution in [0.15, 0.2) is 41.2 Å². The molecule has 0 radical (unpaired) electrons. The van der Waals surface area contributed by atoms with Gasteiger partial charge in [0.1, 0.15) is 12.1 Å². The molecule has 3 aromatic rings. The SMILES string of the molecule is O=CC1CC(N2CCC(c3ccc4c(c3)C3(CCCCC3)c3nc(=O)c5c(Cl)cccc5n3-4)CC2)C1. The standard InChI is InChI=1S/C30H32ClN3O2/c31-24-5-4-6-26-27(24)28(36)32-29-30(11-2-1-3-12-30)23-17-21(7-8-25(23)34(26)29)20-9-13-33(14-10-20)22-15-19(16-22)18-35/h4-8,17-20,22H,1-3,9-16H2. The number of nitrogens with zero attached hydrogens (tertiary/aromatic N) is 3. The Morgan fingerprint density at radius 2 is 1.81 bits per heavy atom. The molecule has 1 saturated heterocycles. The fraction of sp³-hybridized carbons (Fsp3) is 0.500. The van der Waals surface area contributed by atoms with Gasteiger partial charge in [-0.05, 0) is 86.9 Å². The first-order valence-electron chi connectivity index (χ1n) is 13.6. The molecule has 2 aliphatic heterocycles. The summed E-state index contributed by atoms with van der Waals surface area (Å²) in [6, 6.07) is 13.4. The number of rotatable bonds is 3. The van der Waals surface area contributed by atoms with Crippen LogP contribution < -0.4 is 5.56 Å². The van der Waals surface area contributed by atoms with Crippen LogP contribution in [0.25, 0.3) is 16.6 Å². The Hall–Kier alpha value is -2.50. The van der Waals surface area contributed by atoms with Crippen LogP contribution in [0.2, 0.25) is 5.02 Å². The van der Waals surface area contributed by atoms with Crippen molar-refractivity contribution in [2.24, 2.45) is 5.92 Å². The van der Waals surface area contributed by atoms with Crippen molar-refractivity contribution in [2.75, 3.05) is 13.1 Å². The normalized spacial score (nSPS) is 25.5. The number of hydrogen-bond acceptors (Lipinski definition) is 4. The molecule has 4 aliphatic rings. The van der Waals surface area contributed by atoms with Gasteiger partial charge < -0.3 is 9.69 Å². The van der Waals surface area contributed by atoms with E-state index in [9.17, 15) is 9.59 Å². The van der Waals surface area contributed by atoms with Crippen molar-refractivity contribution < 1.29 is 4.79 Å². The number of benzene rings is 2. The van der Waals surface area contributed by atoms with Gasteiger partial charge in [0, 0.05) is 12.0 Å². The van der Waals surface area contributed by atoms with E-state index in [1.54, 1.807) is 6.07 Å². The molecule has 5 nitrogen and oxygen atoms in total. The number of fused-ring (bicyclic) bond motifs is 7. The van der Waals surface area contributed by atoms with Crippen LogP contribution in [0.5, 0.6) is 0 Å². The average molecular weight is 502 g/mol. The second kappa shape index (κ2) is 8.53. The molecule has 6 heteroatoms. The van der Waals surface area contributed by atoms with Gasteiger partial charge in [-0.25, -0.2) is 0 Å². The van der Waals surface area contributed by atoms with Crippen LogP contribution in [-0.4, -0.2) is 39.9 Å². The lowest BCUT2D eigenvalue weighted by molar-refractivity contribution is -0.115. The summed E-state index contributed by atoms with van der Waals surface area (Å²) in [6.07, 6.45) is 11.2. The molecule has 3 fully saturated rings. The number of carbonyl (C=O) groups excluding carboxylic acids is 1. The van der Waals surface area contributed by atoms with Gasteiger partial charge in [0.15, 0.2) is 0 Å². The summed E-state index contributed by atoms with van der Waals surface area (Å²) in [5.41, 5.74) is 4.43. The van der Waals surface area contributed by atoms with E-state index in [0.29, 0.717) is 22.4 Å². The smallest absolute Gasteiger partial charge is 0.282 e. The largest absolute Gasteiger partial charge is 0.303 e. The van der Waals surface area contributed by atoms with Crippen molar-refractivity contribution in [1.29, 1.82) is 0 Å². The summed E-state index contributed by atoms with van der Waals surface area (Å²) in [7, 11) is 0. The number of carbonyl (C=O) groups is 1. The van der Waals surface area contributed by atoms with E-state index >= 15 is 0 Å². The van der Waals surface area contributed by atoms with Crippen molar-refractivity contribution in [2.45, 2.75) is 75.2 Å². The predicted molar refractivity (Wildman–Crippen MR) is 142 cm³/mol. The molecule has 2 saturated carbocycles. The summed E-state index contributed by atoms with van der Waals surface area (Å²) < 4.78 is 2.23. The highest BCUT2D eigenvalue weighted by Crippen LogP contribution is 2.52. The van der Waals surface area contributed by atoms with Gasteiger partial charge in [0.05, 0.1) is 27.0 Å². The van der Waals surface area contributed by atoms with E-state index in [2.05, 4.69) is 27.7 Å². The zero-order valence-electron chi connectivity index (χ0n) is 20.6. The number of piperidine rings is 1. The molecule has 0 unspecified atom stereocenters. The van der Waals surface area contributed by atoms with Crippen molar-refractivity contribution in [3.05, 3.63) is 68.7 Å². The highest BCUT2D eigenvalue weighted by molar-refractivity contribution is 6.35. The monoisotopic (exact) mass is 501 g/mol. The minimum Gasteiger partial charge on any atom is -0.303 e. The van der Waals surface area contributed by atoms with Crippen LogP contribution in [-0.2, 0) is 10.2 Å². The lowest BCUT2D eigenvalue weighted by Gasteiger charge is -2.44. The van der Waals surface area contributed by atoms with E-state index in [4.69, 9.17) is 16.6 Å². The third kappa shape index (κ3) is 3.28.